The van der Waals surface area contributed by atoms with Crippen molar-refractivity contribution in [1.29, 1.82) is 0 Å². The summed E-state index contributed by atoms with van der Waals surface area (Å²) in [5.41, 5.74) is 13.7. The van der Waals surface area contributed by atoms with E-state index in [9.17, 15) is 9.90 Å². The number of aliphatic hydroxyl groups is 1. The minimum atomic E-state index is -0.0119. The van der Waals surface area contributed by atoms with Gasteiger partial charge in [0.2, 0.25) is 0 Å². The van der Waals surface area contributed by atoms with Gasteiger partial charge in [-0.15, -0.1) is 34.9 Å². The number of fused-ring (bicyclic) bond motifs is 5. The van der Waals surface area contributed by atoms with Gasteiger partial charge in [-0.1, -0.05) is 151 Å². The van der Waals surface area contributed by atoms with Crippen molar-refractivity contribution in [1.82, 2.24) is 4.98 Å². The summed E-state index contributed by atoms with van der Waals surface area (Å²) in [6, 6.07) is 30.5. The first-order valence-electron chi connectivity index (χ1n) is 20.0. The van der Waals surface area contributed by atoms with Crippen molar-refractivity contribution in [2.45, 2.75) is 96.4 Å². The van der Waals surface area contributed by atoms with Crippen LogP contribution in [0.1, 0.15) is 92.9 Å². The van der Waals surface area contributed by atoms with Crippen molar-refractivity contribution in [2.75, 3.05) is 0 Å². The molecule has 0 unspecified atom stereocenters. The molecule has 0 fully saturated rings. The average molecular weight is 913 g/mol. The van der Waals surface area contributed by atoms with Crippen molar-refractivity contribution in [3.05, 3.63) is 114 Å². The van der Waals surface area contributed by atoms with E-state index < -0.39 is 0 Å². The second-order valence-corrected chi connectivity index (χ2v) is 18.2. The number of aryl methyl sites for hydroxylation is 2. The first-order chi connectivity index (χ1) is 25.4. The van der Waals surface area contributed by atoms with Crippen LogP contribution in [-0.2, 0) is 31.3 Å². The Balaban J connectivity index is 0.000000290. The van der Waals surface area contributed by atoms with Crippen LogP contribution < -0.4 is 0 Å². The van der Waals surface area contributed by atoms with Crippen LogP contribution >= 0.6 is 0 Å². The summed E-state index contributed by atoms with van der Waals surface area (Å²) in [7, 11) is 0. The molecule has 5 aromatic rings. The summed E-state index contributed by atoms with van der Waals surface area (Å²) in [5, 5.41) is 12.7. The van der Waals surface area contributed by atoms with Crippen LogP contribution in [0.2, 0.25) is 0 Å². The molecular weight excluding hydrogens is 851 g/mol. The SMILES string of the molecule is CC(C)C(C(=O)/C=C(\O)C(C(C)C)C(C)C)C(C)C.Cc1[c-]c(-c2ncc3c4c(cccc24)-c2ccc(CC(C)(C)C)cc2-c2ccccc2-3)cc(C)c1.[Ir]. The number of carbonyl (C=O) groups excluding carboxylic acids is 1. The topological polar surface area (TPSA) is 50.2 Å². The summed E-state index contributed by atoms with van der Waals surface area (Å²) in [6.07, 6.45) is 4.61. The van der Waals surface area contributed by atoms with Gasteiger partial charge in [-0.3, -0.25) is 4.79 Å². The molecule has 1 aromatic heterocycles. The summed E-state index contributed by atoms with van der Waals surface area (Å²) in [4.78, 5) is 17.4. The van der Waals surface area contributed by atoms with Crippen molar-refractivity contribution < 1.29 is 30.0 Å². The van der Waals surface area contributed by atoms with Crippen LogP contribution in [0.15, 0.2) is 90.8 Å². The summed E-state index contributed by atoms with van der Waals surface area (Å²) in [6.45, 7) is 27.8. The molecule has 0 amide bonds. The number of carbonyl (C=O) groups is 1. The van der Waals surface area contributed by atoms with Crippen LogP contribution in [0, 0.1) is 60.8 Å². The summed E-state index contributed by atoms with van der Waals surface area (Å²) < 4.78 is 0. The Bertz CT molecular complexity index is 2130. The Morgan fingerprint density at radius 2 is 1.27 bits per heavy atom. The van der Waals surface area contributed by atoms with E-state index in [0.29, 0.717) is 23.7 Å². The third kappa shape index (κ3) is 9.94. The zero-order valence-electron chi connectivity index (χ0n) is 35.4. The van der Waals surface area contributed by atoms with Gasteiger partial charge in [0.25, 0.3) is 0 Å². The van der Waals surface area contributed by atoms with Crippen molar-refractivity contribution in [3.8, 4) is 44.6 Å². The number of benzene rings is 4. The molecule has 1 radical (unpaired) electrons. The van der Waals surface area contributed by atoms with Crippen LogP contribution in [0.25, 0.3) is 55.4 Å². The van der Waals surface area contributed by atoms with Crippen molar-refractivity contribution >= 4 is 16.6 Å². The zero-order chi connectivity index (χ0) is 39.6. The molecule has 0 saturated heterocycles. The molecule has 1 aliphatic carbocycles. The maximum Gasteiger partial charge on any atom is 0.162 e. The standard InChI is InChI=1S/C34H30N.C17H32O2.Ir/c1-21-15-22(2)17-24(16-21)33-29-12-8-11-28-27-14-13-23(19-34(3,4)5)18-30(27)25-9-6-7-10-26(25)31(20-35-33)32(28)29;1-10(2)16(11(3)4)14(18)9-15(19)17(12(5)6)13(7)8;/h6-16,18,20H,19H2,1-5H3;9-13,16-18H,1-8H3;/q-1;;/b;14-9-;. The molecule has 4 heteroatoms. The van der Waals surface area contributed by atoms with Gasteiger partial charge in [-0.2, -0.15) is 0 Å². The van der Waals surface area contributed by atoms with Gasteiger partial charge >= 0.3 is 0 Å². The molecule has 1 heterocycles. The van der Waals surface area contributed by atoms with Gasteiger partial charge in [-0.25, -0.2) is 0 Å². The second-order valence-electron chi connectivity index (χ2n) is 18.2. The van der Waals surface area contributed by atoms with E-state index in [0.717, 1.165) is 23.2 Å². The molecule has 55 heavy (non-hydrogen) atoms. The molecule has 0 aliphatic heterocycles. The molecule has 4 aromatic carbocycles. The van der Waals surface area contributed by atoms with E-state index in [1.807, 2.05) is 0 Å². The number of nitrogens with zero attached hydrogens (tertiary/aromatic N) is 1. The number of aliphatic hydroxyl groups excluding tert-OH is 1. The minimum absolute atomic E-state index is 0. The Labute approximate surface area is 345 Å². The van der Waals surface area contributed by atoms with Gasteiger partial charge in [-0.05, 0) is 85.4 Å². The Morgan fingerprint density at radius 1 is 0.709 bits per heavy atom. The average Bonchev–Trinajstić information content (AvgIpc) is 3.17. The third-order valence-electron chi connectivity index (χ3n) is 10.8. The molecule has 6 rings (SSSR count). The van der Waals surface area contributed by atoms with Gasteiger partial charge < -0.3 is 10.1 Å². The number of pyridine rings is 1. The van der Waals surface area contributed by atoms with Crippen molar-refractivity contribution in [3.63, 3.8) is 0 Å². The van der Waals surface area contributed by atoms with Gasteiger partial charge in [0.05, 0.1) is 5.76 Å². The summed E-state index contributed by atoms with van der Waals surface area (Å²) in [5.74, 6) is 1.63. The first-order valence-corrected chi connectivity index (χ1v) is 20.0. The first kappa shape index (κ1) is 43.9. The molecule has 1 aliphatic rings. The van der Waals surface area contributed by atoms with E-state index in [4.69, 9.17) is 4.98 Å². The van der Waals surface area contributed by atoms with E-state index >= 15 is 0 Å². The maximum atomic E-state index is 12.3. The predicted molar refractivity (Wildman–Crippen MR) is 231 cm³/mol. The summed E-state index contributed by atoms with van der Waals surface area (Å²) >= 11 is 0. The number of hydrogen-bond acceptors (Lipinski definition) is 3. The van der Waals surface area contributed by atoms with Crippen LogP contribution in [0.4, 0.5) is 0 Å². The number of allylic oxidation sites excluding steroid dienone is 2. The van der Waals surface area contributed by atoms with Gasteiger partial charge in [0, 0.05) is 49.8 Å². The Morgan fingerprint density at radius 3 is 1.84 bits per heavy atom. The minimum Gasteiger partial charge on any atom is -0.512 e. The molecule has 293 valence electrons. The maximum absolute atomic E-state index is 12.3. The quantitative estimate of drug-likeness (QED) is 0.0893. The second kappa shape index (κ2) is 18.0. The number of rotatable bonds is 9. The van der Waals surface area contributed by atoms with E-state index in [-0.39, 0.29) is 48.9 Å². The molecule has 0 spiro atoms. The number of hydrogen-bond donors (Lipinski definition) is 1. The van der Waals surface area contributed by atoms with Crippen molar-refractivity contribution in [2.24, 2.45) is 40.9 Å². The number of ketones is 1. The zero-order valence-corrected chi connectivity index (χ0v) is 37.8. The predicted octanol–water partition coefficient (Wildman–Crippen LogP) is 14.1. The molecule has 0 saturated carbocycles. The molecule has 1 N–H and O–H groups in total. The number of aromatic nitrogens is 1. The molecular formula is C51H62IrNO2-. The van der Waals surface area contributed by atoms with E-state index in [1.165, 1.54) is 61.4 Å². The largest absolute Gasteiger partial charge is 0.512 e. The fourth-order valence-electron chi connectivity index (χ4n) is 8.91. The molecule has 3 nitrogen and oxygen atoms in total. The van der Waals surface area contributed by atoms with Crippen LogP contribution in [-0.4, -0.2) is 15.9 Å². The Hall–Kier alpha value is -3.85. The smallest absolute Gasteiger partial charge is 0.162 e. The van der Waals surface area contributed by atoms with Crippen LogP contribution in [0.5, 0.6) is 0 Å². The molecule has 0 atom stereocenters. The van der Waals surface area contributed by atoms with Gasteiger partial charge in [0.1, 0.15) is 0 Å². The normalized spacial score (nSPS) is 12.5. The third-order valence-corrected chi connectivity index (χ3v) is 10.8. The van der Waals surface area contributed by atoms with Crippen LogP contribution in [0.3, 0.4) is 0 Å². The Kier molecular flexibility index (Phi) is 14.3. The van der Waals surface area contributed by atoms with E-state index in [2.05, 4.69) is 175 Å². The fraction of sp³-hybridized carbons (Fsp3) is 0.412. The van der Waals surface area contributed by atoms with E-state index in [1.54, 1.807) is 0 Å². The van der Waals surface area contributed by atoms with Gasteiger partial charge in [0.15, 0.2) is 5.78 Å². The fourth-order valence-corrected chi connectivity index (χ4v) is 8.91. The monoisotopic (exact) mass is 913 g/mol. The molecule has 0 bridgehead atoms.